The normalized spacial score (nSPS) is 12.4. The Labute approximate surface area is 97.3 Å². The molecule has 1 rings (SSSR count). The summed E-state index contributed by atoms with van der Waals surface area (Å²) in [7, 11) is 3.17. The Balaban J connectivity index is 3.39. The van der Waals surface area contributed by atoms with Crippen molar-refractivity contribution in [3.8, 4) is 0 Å². The monoisotopic (exact) mass is 243 g/mol. The third-order valence-electron chi connectivity index (χ3n) is 2.22. The summed E-state index contributed by atoms with van der Waals surface area (Å²) in [5, 5.41) is 0. The minimum absolute atomic E-state index is 0.00269. The van der Waals surface area contributed by atoms with Gasteiger partial charge in [-0.3, -0.25) is 4.79 Å². The lowest BCUT2D eigenvalue weighted by molar-refractivity contribution is -0.137. The highest BCUT2D eigenvalue weighted by atomic mass is 19.4. The Bertz CT molecular complexity index is 436. The molecule has 0 atom stereocenters. The molecule has 0 aliphatic carbocycles. The molecule has 0 heterocycles. The average molecular weight is 243 g/mol. The minimum atomic E-state index is -4.44. The van der Waals surface area contributed by atoms with E-state index in [1.807, 2.05) is 0 Å². The first-order valence-electron chi connectivity index (χ1n) is 4.87. The van der Waals surface area contributed by atoms with Gasteiger partial charge in [-0.25, -0.2) is 0 Å². The molecule has 1 aromatic rings. The topological polar surface area (TPSA) is 20.3 Å². The van der Waals surface area contributed by atoms with E-state index in [0.717, 1.165) is 12.1 Å². The van der Waals surface area contributed by atoms with Gasteiger partial charge in [0.25, 0.3) is 0 Å². The standard InChI is InChI=1S/C12H12F3NO/c1-16(2)11(7-8-17)9-5-3-4-6-10(9)12(13,14)15/h3-8H,1-2H3/b11-7+. The molecule has 0 fully saturated rings. The number of nitrogens with zero attached hydrogens (tertiary/aromatic N) is 1. The van der Waals surface area contributed by atoms with E-state index in [2.05, 4.69) is 0 Å². The molecule has 0 aliphatic heterocycles. The number of benzene rings is 1. The molecule has 0 radical (unpaired) electrons. The Kier molecular flexibility index (Phi) is 3.93. The van der Waals surface area contributed by atoms with E-state index < -0.39 is 11.7 Å². The summed E-state index contributed by atoms with van der Waals surface area (Å²) in [6.45, 7) is 0. The van der Waals surface area contributed by atoms with Crippen LogP contribution in [0.1, 0.15) is 11.1 Å². The molecule has 0 saturated carbocycles. The number of allylic oxidation sites excluding steroid dienone is 1. The van der Waals surface area contributed by atoms with Gasteiger partial charge in [-0.1, -0.05) is 18.2 Å². The molecule has 2 nitrogen and oxygen atoms in total. The van der Waals surface area contributed by atoms with E-state index >= 15 is 0 Å². The van der Waals surface area contributed by atoms with Crippen molar-refractivity contribution in [3.63, 3.8) is 0 Å². The van der Waals surface area contributed by atoms with Gasteiger partial charge in [-0.2, -0.15) is 13.2 Å². The Morgan fingerprint density at radius 3 is 2.29 bits per heavy atom. The second kappa shape index (κ2) is 5.03. The first kappa shape index (κ1) is 13.3. The van der Waals surface area contributed by atoms with Crippen LogP contribution in [0.3, 0.4) is 0 Å². The molecule has 92 valence electrons. The molecule has 5 heteroatoms. The number of rotatable bonds is 3. The second-order valence-corrected chi connectivity index (χ2v) is 3.63. The quantitative estimate of drug-likeness (QED) is 0.601. The predicted molar refractivity (Wildman–Crippen MR) is 59.2 cm³/mol. The van der Waals surface area contributed by atoms with Gasteiger partial charge >= 0.3 is 6.18 Å². The van der Waals surface area contributed by atoms with Crippen LogP contribution in [0.2, 0.25) is 0 Å². The predicted octanol–water partition coefficient (Wildman–Crippen LogP) is 2.81. The largest absolute Gasteiger partial charge is 0.417 e. The van der Waals surface area contributed by atoms with E-state index in [-0.39, 0.29) is 11.3 Å². The van der Waals surface area contributed by atoms with Crippen molar-refractivity contribution in [2.45, 2.75) is 6.18 Å². The summed E-state index contributed by atoms with van der Waals surface area (Å²) in [6.07, 6.45) is -2.85. The molecule has 0 amide bonds. The van der Waals surface area contributed by atoms with Crippen LogP contribution in [-0.2, 0) is 11.0 Å². The maximum atomic E-state index is 12.8. The number of hydrogen-bond acceptors (Lipinski definition) is 2. The molecule has 0 unspecified atom stereocenters. The second-order valence-electron chi connectivity index (χ2n) is 3.63. The van der Waals surface area contributed by atoms with E-state index in [9.17, 15) is 18.0 Å². The van der Waals surface area contributed by atoms with Gasteiger partial charge in [0.15, 0.2) is 0 Å². The van der Waals surface area contributed by atoms with Gasteiger partial charge < -0.3 is 4.90 Å². The molecule has 0 N–H and O–H groups in total. The molecular weight excluding hydrogens is 231 g/mol. The van der Waals surface area contributed by atoms with Gasteiger partial charge in [-0.15, -0.1) is 0 Å². The number of alkyl halides is 3. The van der Waals surface area contributed by atoms with Crippen LogP contribution in [0.25, 0.3) is 5.70 Å². The molecule has 17 heavy (non-hydrogen) atoms. The summed E-state index contributed by atoms with van der Waals surface area (Å²) in [4.78, 5) is 11.9. The fourth-order valence-corrected chi connectivity index (χ4v) is 1.50. The van der Waals surface area contributed by atoms with E-state index in [1.54, 1.807) is 14.1 Å². The molecule has 0 saturated heterocycles. The van der Waals surface area contributed by atoms with Crippen molar-refractivity contribution in [2.75, 3.05) is 14.1 Å². The van der Waals surface area contributed by atoms with Crippen molar-refractivity contribution < 1.29 is 18.0 Å². The molecule has 1 aromatic carbocycles. The fraction of sp³-hybridized carbons (Fsp3) is 0.250. The zero-order valence-electron chi connectivity index (χ0n) is 9.45. The van der Waals surface area contributed by atoms with Crippen molar-refractivity contribution in [3.05, 3.63) is 41.5 Å². The summed E-state index contributed by atoms with van der Waals surface area (Å²) >= 11 is 0. The van der Waals surface area contributed by atoms with Gasteiger partial charge in [0, 0.05) is 31.4 Å². The van der Waals surface area contributed by atoms with Crippen LogP contribution in [0.15, 0.2) is 30.3 Å². The van der Waals surface area contributed by atoms with Gasteiger partial charge in [0.05, 0.1) is 5.56 Å². The number of hydrogen-bond donors (Lipinski definition) is 0. The minimum Gasteiger partial charge on any atom is -0.377 e. The molecule has 0 spiro atoms. The zero-order valence-corrected chi connectivity index (χ0v) is 9.45. The Morgan fingerprint density at radius 1 is 1.24 bits per heavy atom. The van der Waals surface area contributed by atoms with Crippen LogP contribution in [0.5, 0.6) is 0 Å². The average Bonchev–Trinajstić information content (AvgIpc) is 2.24. The molecular formula is C12H12F3NO. The van der Waals surface area contributed by atoms with Crippen LogP contribution in [0.4, 0.5) is 13.2 Å². The van der Waals surface area contributed by atoms with Gasteiger partial charge in [-0.05, 0) is 6.07 Å². The lowest BCUT2D eigenvalue weighted by Gasteiger charge is -2.20. The Hall–Kier alpha value is -1.78. The van der Waals surface area contributed by atoms with Gasteiger partial charge in [0.1, 0.15) is 6.29 Å². The summed E-state index contributed by atoms with van der Waals surface area (Å²) in [5.74, 6) is 0. The van der Waals surface area contributed by atoms with Crippen LogP contribution >= 0.6 is 0 Å². The highest BCUT2D eigenvalue weighted by Gasteiger charge is 2.33. The third-order valence-corrected chi connectivity index (χ3v) is 2.22. The Morgan fingerprint density at radius 2 is 1.82 bits per heavy atom. The third kappa shape index (κ3) is 3.09. The summed E-state index contributed by atoms with van der Waals surface area (Å²) in [5.41, 5.74) is -0.521. The maximum Gasteiger partial charge on any atom is 0.417 e. The molecule has 0 aliphatic rings. The van der Waals surface area contributed by atoms with Crippen LogP contribution < -0.4 is 0 Å². The van der Waals surface area contributed by atoms with Crippen molar-refractivity contribution >= 4 is 12.0 Å². The zero-order chi connectivity index (χ0) is 13.1. The number of carbonyl (C=O) groups excluding carboxylic acids is 1. The highest BCUT2D eigenvalue weighted by Crippen LogP contribution is 2.35. The lowest BCUT2D eigenvalue weighted by atomic mass is 10.0. The highest BCUT2D eigenvalue weighted by molar-refractivity contribution is 5.81. The van der Waals surface area contributed by atoms with Crippen LogP contribution in [0, 0.1) is 0 Å². The van der Waals surface area contributed by atoms with Crippen LogP contribution in [-0.4, -0.2) is 25.3 Å². The number of aldehydes is 1. The van der Waals surface area contributed by atoms with Crippen molar-refractivity contribution in [1.29, 1.82) is 0 Å². The first-order valence-corrected chi connectivity index (χ1v) is 4.87. The number of carbonyl (C=O) groups is 1. The van der Waals surface area contributed by atoms with Gasteiger partial charge in [0.2, 0.25) is 0 Å². The van der Waals surface area contributed by atoms with E-state index in [4.69, 9.17) is 0 Å². The SMILES string of the molecule is CN(C)/C(=C/C=O)c1ccccc1C(F)(F)F. The van der Waals surface area contributed by atoms with E-state index in [1.165, 1.54) is 23.1 Å². The molecule has 0 aromatic heterocycles. The van der Waals surface area contributed by atoms with E-state index in [0.29, 0.717) is 6.29 Å². The van der Waals surface area contributed by atoms with Crippen molar-refractivity contribution in [1.82, 2.24) is 4.90 Å². The summed E-state index contributed by atoms with van der Waals surface area (Å²) < 4.78 is 38.3. The summed E-state index contributed by atoms with van der Waals surface area (Å²) in [6, 6.07) is 5.17. The smallest absolute Gasteiger partial charge is 0.377 e. The lowest BCUT2D eigenvalue weighted by Crippen LogP contribution is -2.15. The first-order chi connectivity index (χ1) is 7.88. The fourth-order valence-electron chi connectivity index (χ4n) is 1.50. The molecule has 0 bridgehead atoms. The number of halogens is 3. The maximum absolute atomic E-state index is 12.8. The van der Waals surface area contributed by atoms with Crippen molar-refractivity contribution in [2.24, 2.45) is 0 Å².